The van der Waals surface area contributed by atoms with E-state index in [1.165, 1.54) is 0 Å². The SMILES string of the molecule is COc1ccc(-c2noc(CN3CCN(C(=O)c4cc(C)n(-c5ccccc5)n4)CC3)n2)cc1. The van der Waals surface area contributed by atoms with Crippen molar-refractivity contribution >= 4 is 5.91 Å². The fourth-order valence-corrected chi connectivity index (χ4v) is 4.05. The van der Waals surface area contributed by atoms with Crippen molar-refractivity contribution in [3.8, 4) is 22.8 Å². The Morgan fingerprint density at radius 3 is 2.47 bits per heavy atom. The van der Waals surface area contributed by atoms with E-state index in [0.29, 0.717) is 37.0 Å². The third-order valence-electron chi connectivity index (χ3n) is 5.94. The highest BCUT2D eigenvalue weighted by molar-refractivity contribution is 5.92. The van der Waals surface area contributed by atoms with E-state index < -0.39 is 0 Å². The minimum absolute atomic E-state index is 0.0444. The number of carbonyl (C=O) groups is 1. The van der Waals surface area contributed by atoms with Crippen molar-refractivity contribution in [3.63, 3.8) is 0 Å². The number of benzene rings is 2. The smallest absolute Gasteiger partial charge is 0.274 e. The molecule has 0 unspecified atom stereocenters. The van der Waals surface area contributed by atoms with Crippen LogP contribution in [-0.4, -0.2) is 68.9 Å². The van der Waals surface area contributed by atoms with Gasteiger partial charge in [-0.2, -0.15) is 10.1 Å². The Bertz CT molecular complexity index is 1260. The molecule has 0 atom stereocenters. The molecule has 3 heterocycles. The highest BCUT2D eigenvalue weighted by Crippen LogP contribution is 2.20. The summed E-state index contributed by atoms with van der Waals surface area (Å²) in [7, 11) is 1.63. The summed E-state index contributed by atoms with van der Waals surface area (Å²) in [5.41, 5.74) is 3.21. The number of hydrogen-bond donors (Lipinski definition) is 0. The van der Waals surface area contributed by atoms with Gasteiger partial charge in [0.1, 0.15) is 5.75 Å². The second-order valence-corrected chi connectivity index (χ2v) is 8.23. The van der Waals surface area contributed by atoms with Crippen LogP contribution in [0.15, 0.2) is 65.2 Å². The van der Waals surface area contributed by atoms with Crippen molar-refractivity contribution in [1.29, 1.82) is 0 Å². The van der Waals surface area contributed by atoms with Crippen molar-refractivity contribution in [2.75, 3.05) is 33.3 Å². The molecule has 5 rings (SSSR count). The molecule has 34 heavy (non-hydrogen) atoms. The number of rotatable bonds is 6. The maximum absolute atomic E-state index is 13.0. The summed E-state index contributed by atoms with van der Waals surface area (Å²) in [6.45, 7) is 5.20. The van der Waals surface area contributed by atoms with Gasteiger partial charge in [0.05, 0.1) is 19.3 Å². The molecule has 1 aliphatic rings. The van der Waals surface area contributed by atoms with Crippen LogP contribution >= 0.6 is 0 Å². The molecule has 0 aliphatic carbocycles. The second kappa shape index (κ2) is 9.48. The molecule has 4 aromatic rings. The van der Waals surface area contributed by atoms with E-state index in [9.17, 15) is 4.79 Å². The molecule has 1 aliphatic heterocycles. The summed E-state index contributed by atoms with van der Waals surface area (Å²) in [5, 5.41) is 8.65. The summed E-state index contributed by atoms with van der Waals surface area (Å²) in [6.07, 6.45) is 0. The Hall–Kier alpha value is -3.98. The predicted molar refractivity (Wildman–Crippen MR) is 126 cm³/mol. The molecule has 0 N–H and O–H groups in total. The lowest BCUT2D eigenvalue weighted by Crippen LogP contribution is -2.48. The third-order valence-corrected chi connectivity index (χ3v) is 5.94. The molecule has 0 spiro atoms. The standard InChI is InChI=1S/C25H26N6O3/c1-18-16-22(27-31(18)20-6-4-3-5-7-20)25(32)30-14-12-29(13-15-30)17-23-26-24(28-34-23)19-8-10-21(33-2)11-9-19/h3-11,16H,12-15,17H2,1-2H3. The van der Waals surface area contributed by atoms with Crippen LogP contribution in [0.5, 0.6) is 5.75 Å². The number of ether oxygens (including phenoxy) is 1. The highest BCUT2D eigenvalue weighted by atomic mass is 16.5. The summed E-state index contributed by atoms with van der Waals surface area (Å²) >= 11 is 0. The van der Waals surface area contributed by atoms with Crippen LogP contribution in [0.4, 0.5) is 0 Å². The Morgan fingerprint density at radius 1 is 1.03 bits per heavy atom. The maximum atomic E-state index is 13.0. The van der Waals surface area contributed by atoms with Crippen LogP contribution < -0.4 is 4.74 Å². The lowest BCUT2D eigenvalue weighted by Gasteiger charge is -2.33. The largest absolute Gasteiger partial charge is 0.497 e. The van der Waals surface area contributed by atoms with Crippen molar-refractivity contribution < 1.29 is 14.1 Å². The number of amides is 1. The summed E-state index contributed by atoms with van der Waals surface area (Å²) in [4.78, 5) is 21.6. The zero-order valence-electron chi connectivity index (χ0n) is 19.2. The second-order valence-electron chi connectivity index (χ2n) is 8.23. The van der Waals surface area contributed by atoms with E-state index in [-0.39, 0.29) is 5.91 Å². The van der Waals surface area contributed by atoms with Crippen LogP contribution in [0.1, 0.15) is 22.1 Å². The van der Waals surface area contributed by atoms with E-state index in [0.717, 1.165) is 35.8 Å². The first-order chi connectivity index (χ1) is 16.6. The molecule has 1 amide bonds. The van der Waals surface area contributed by atoms with E-state index in [1.807, 2.05) is 72.5 Å². The zero-order chi connectivity index (χ0) is 23.5. The van der Waals surface area contributed by atoms with Gasteiger partial charge in [-0.25, -0.2) is 4.68 Å². The summed E-state index contributed by atoms with van der Waals surface area (Å²) in [6, 6.07) is 19.2. The van der Waals surface area contributed by atoms with Crippen LogP contribution in [0.2, 0.25) is 0 Å². The molecule has 1 fully saturated rings. The number of para-hydroxylation sites is 1. The number of aryl methyl sites for hydroxylation is 1. The van der Waals surface area contributed by atoms with Crippen LogP contribution in [-0.2, 0) is 6.54 Å². The molecule has 1 saturated heterocycles. The van der Waals surface area contributed by atoms with Crippen molar-refractivity contribution in [3.05, 3.63) is 77.9 Å². The van der Waals surface area contributed by atoms with Crippen LogP contribution in [0.25, 0.3) is 17.1 Å². The number of piperazine rings is 1. The first-order valence-corrected chi connectivity index (χ1v) is 11.2. The number of methoxy groups -OCH3 is 1. The number of aromatic nitrogens is 4. The van der Waals surface area contributed by atoms with Crippen molar-refractivity contribution in [2.24, 2.45) is 0 Å². The Labute approximate surface area is 197 Å². The van der Waals surface area contributed by atoms with Gasteiger partial charge >= 0.3 is 0 Å². The lowest BCUT2D eigenvalue weighted by molar-refractivity contribution is 0.0609. The van der Waals surface area contributed by atoms with E-state index in [2.05, 4.69) is 20.1 Å². The topological polar surface area (TPSA) is 89.5 Å². The molecular formula is C25H26N6O3. The fraction of sp³-hybridized carbons (Fsp3) is 0.280. The molecule has 9 nitrogen and oxygen atoms in total. The molecule has 0 saturated carbocycles. The summed E-state index contributed by atoms with van der Waals surface area (Å²) in [5.74, 6) is 1.84. The van der Waals surface area contributed by atoms with Crippen LogP contribution in [0.3, 0.4) is 0 Å². The maximum Gasteiger partial charge on any atom is 0.274 e. The van der Waals surface area contributed by atoms with Gasteiger partial charge in [-0.3, -0.25) is 9.69 Å². The Kier molecular flexibility index (Phi) is 6.09. The number of carbonyl (C=O) groups excluding carboxylic acids is 1. The zero-order valence-corrected chi connectivity index (χ0v) is 19.2. The number of nitrogens with zero attached hydrogens (tertiary/aromatic N) is 6. The molecule has 2 aromatic heterocycles. The fourth-order valence-electron chi connectivity index (χ4n) is 4.05. The van der Waals surface area contributed by atoms with Gasteiger partial charge in [-0.15, -0.1) is 0 Å². The average Bonchev–Trinajstić information content (AvgIpc) is 3.51. The quantitative estimate of drug-likeness (QED) is 0.438. The van der Waals surface area contributed by atoms with E-state index >= 15 is 0 Å². The minimum Gasteiger partial charge on any atom is -0.497 e. The van der Waals surface area contributed by atoms with Gasteiger partial charge in [0.25, 0.3) is 5.91 Å². The molecule has 9 heteroatoms. The van der Waals surface area contributed by atoms with E-state index in [1.54, 1.807) is 11.8 Å². The molecular weight excluding hydrogens is 432 g/mol. The average molecular weight is 459 g/mol. The van der Waals surface area contributed by atoms with Gasteiger partial charge in [0.2, 0.25) is 11.7 Å². The molecule has 174 valence electrons. The Morgan fingerprint density at radius 2 is 1.76 bits per heavy atom. The molecule has 0 bridgehead atoms. The molecule has 2 aromatic carbocycles. The summed E-state index contributed by atoms with van der Waals surface area (Å²) < 4.78 is 12.4. The van der Waals surface area contributed by atoms with Gasteiger partial charge in [-0.05, 0) is 49.4 Å². The van der Waals surface area contributed by atoms with Crippen molar-refractivity contribution in [2.45, 2.75) is 13.5 Å². The van der Waals surface area contributed by atoms with Crippen LogP contribution in [0, 0.1) is 6.92 Å². The normalized spacial score (nSPS) is 14.4. The lowest BCUT2D eigenvalue weighted by atomic mass is 10.2. The highest BCUT2D eigenvalue weighted by Gasteiger charge is 2.25. The first-order valence-electron chi connectivity index (χ1n) is 11.2. The van der Waals surface area contributed by atoms with E-state index in [4.69, 9.17) is 9.26 Å². The number of hydrogen-bond acceptors (Lipinski definition) is 7. The minimum atomic E-state index is -0.0444. The van der Waals surface area contributed by atoms with Crippen molar-refractivity contribution in [1.82, 2.24) is 29.7 Å². The van der Waals surface area contributed by atoms with Gasteiger partial charge in [0.15, 0.2) is 5.69 Å². The van der Waals surface area contributed by atoms with Gasteiger partial charge in [-0.1, -0.05) is 23.4 Å². The van der Waals surface area contributed by atoms with Gasteiger partial charge < -0.3 is 14.2 Å². The third kappa shape index (κ3) is 4.55. The molecule has 0 radical (unpaired) electrons. The predicted octanol–water partition coefficient (Wildman–Crippen LogP) is 3.20. The Balaban J connectivity index is 1.18. The first kappa shape index (κ1) is 21.8. The monoisotopic (exact) mass is 458 g/mol. The van der Waals surface area contributed by atoms with Gasteiger partial charge in [0, 0.05) is 37.4 Å².